The van der Waals surface area contributed by atoms with E-state index in [0.29, 0.717) is 18.2 Å². The molecule has 3 nitrogen and oxygen atoms in total. The molecule has 17 heavy (non-hydrogen) atoms. The van der Waals surface area contributed by atoms with Crippen molar-refractivity contribution in [3.8, 4) is 0 Å². The third-order valence-electron chi connectivity index (χ3n) is 3.63. The van der Waals surface area contributed by atoms with Gasteiger partial charge < -0.3 is 9.73 Å². The molecular formula is C14H21NO2. The largest absolute Gasteiger partial charge is 0.458 e. The minimum atomic E-state index is 0.118. The van der Waals surface area contributed by atoms with Crippen LogP contribution in [-0.2, 0) is 0 Å². The van der Waals surface area contributed by atoms with Crippen LogP contribution in [0.25, 0.3) is 0 Å². The van der Waals surface area contributed by atoms with Gasteiger partial charge in [0, 0.05) is 12.5 Å². The van der Waals surface area contributed by atoms with E-state index < -0.39 is 0 Å². The van der Waals surface area contributed by atoms with Gasteiger partial charge in [0.25, 0.3) is 0 Å². The Hall–Kier alpha value is -1.09. The van der Waals surface area contributed by atoms with Crippen LogP contribution in [0.4, 0.5) is 0 Å². The smallest absolute Gasteiger partial charge is 0.199 e. The van der Waals surface area contributed by atoms with Crippen LogP contribution in [0.3, 0.4) is 0 Å². The summed E-state index contributed by atoms with van der Waals surface area (Å²) in [6.45, 7) is 5.13. The van der Waals surface area contributed by atoms with Crippen LogP contribution in [0.1, 0.15) is 48.9 Å². The van der Waals surface area contributed by atoms with E-state index in [4.69, 9.17) is 4.42 Å². The van der Waals surface area contributed by atoms with Crippen molar-refractivity contribution in [3.05, 3.63) is 23.7 Å². The van der Waals surface area contributed by atoms with Crippen molar-refractivity contribution in [2.75, 3.05) is 6.54 Å². The molecule has 2 heterocycles. The average Bonchev–Trinajstić information content (AvgIpc) is 2.76. The Morgan fingerprint density at radius 1 is 1.53 bits per heavy atom. The monoisotopic (exact) mass is 235 g/mol. The van der Waals surface area contributed by atoms with E-state index in [1.54, 1.807) is 6.07 Å². The van der Waals surface area contributed by atoms with Crippen molar-refractivity contribution >= 4 is 5.78 Å². The number of carbonyl (C=O) groups is 1. The number of Topliss-reactive ketones (excluding diaryl/α,β-unsaturated/α-hetero) is 1. The highest BCUT2D eigenvalue weighted by Gasteiger charge is 2.23. The van der Waals surface area contributed by atoms with E-state index in [-0.39, 0.29) is 5.78 Å². The summed E-state index contributed by atoms with van der Waals surface area (Å²) in [5.41, 5.74) is 0. The molecule has 0 radical (unpaired) electrons. The summed E-state index contributed by atoms with van der Waals surface area (Å²) < 4.78 is 5.36. The van der Waals surface area contributed by atoms with Gasteiger partial charge in [-0.1, -0.05) is 13.3 Å². The number of carbonyl (C=O) groups excluding carboxylic acids is 1. The molecule has 0 bridgehead atoms. The van der Waals surface area contributed by atoms with Gasteiger partial charge >= 0.3 is 0 Å². The number of hydrogen-bond acceptors (Lipinski definition) is 3. The van der Waals surface area contributed by atoms with Crippen LogP contribution in [0.2, 0.25) is 0 Å². The summed E-state index contributed by atoms with van der Waals surface area (Å²) in [5.74, 6) is 2.19. The quantitative estimate of drug-likeness (QED) is 0.816. The summed E-state index contributed by atoms with van der Waals surface area (Å²) >= 11 is 0. The van der Waals surface area contributed by atoms with Crippen molar-refractivity contribution in [1.29, 1.82) is 0 Å². The van der Waals surface area contributed by atoms with Crippen LogP contribution in [-0.4, -0.2) is 18.4 Å². The molecule has 1 aliphatic rings. The van der Waals surface area contributed by atoms with Crippen LogP contribution < -0.4 is 5.32 Å². The first-order valence-electron chi connectivity index (χ1n) is 6.52. The Morgan fingerprint density at radius 2 is 2.35 bits per heavy atom. The van der Waals surface area contributed by atoms with Crippen molar-refractivity contribution in [2.45, 2.75) is 45.6 Å². The van der Waals surface area contributed by atoms with Crippen LogP contribution in [0.5, 0.6) is 0 Å². The minimum Gasteiger partial charge on any atom is -0.458 e. The summed E-state index contributed by atoms with van der Waals surface area (Å²) in [7, 11) is 0. The molecule has 2 atom stereocenters. The van der Waals surface area contributed by atoms with Gasteiger partial charge in [0.2, 0.25) is 0 Å². The maximum atomic E-state index is 12.0. The maximum Gasteiger partial charge on any atom is 0.199 e. The zero-order valence-electron chi connectivity index (χ0n) is 10.7. The van der Waals surface area contributed by atoms with Gasteiger partial charge in [-0.15, -0.1) is 0 Å². The van der Waals surface area contributed by atoms with E-state index in [2.05, 4.69) is 12.2 Å². The Bertz CT molecular complexity index is 383. The molecule has 0 aliphatic carbocycles. The fraction of sp³-hybridized carbons (Fsp3) is 0.643. The number of furan rings is 1. The third-order valence-corrected chi connectivity index (χ3v) is 3.63. The van der Waals surface area contributed by atoms with Gasteiger partial charge in [0.05, 0.1) is 0 Å². The van der Waals surface area contributed by atoms with Gasteiger partial charge in [-0.25, -0.2) is 0 Å². The topological polar surface area (TPSA) is 42.2 Å². The number of rotatable bonds is 4. The van der Waals surface area contributed by atoms with E-state index in [0.717, 1.165) is 24.6 Å². The number of nitrogens with one attached hydrogen (secondary N) is 1. The van der Waals surface area contributed by atoms with Crippen molar-refractivity contribution in [3.63, 3.8) is 0 Å². The van der Waals surface area contributed by atoms with Gasteiger partial charge in [-0.2, -0.15) is 0 Å². The summed E-state index contributed by atoms with van der Waals surface area (Å²) in [5, 5.41) is 3.43. The van der Waals surface area contributed by atoms with E-state index in [1.807, 2.05) is 13.0 Å². The maximum absolute atomic E-state index is 12.0. The van der Waals surface area contributed by atoms with Crippen molar-refractivity contribution < 1.29 is 9.21 Å². The molecular weight excluding hydrogens is 214 g/mol. The van der Waals surface area contributed by atoms with Crippen molar-refractivity contribution in [1.82, 2.24) is 5.32 Å². The summed E-state index contributed by atoms with van der Waals surface area (Å²) in [6.07, 6.45) is 4.12. The second-order valence-corrected chi connectivity index (χ2v) is 4.99. The molecule has 1 N–H and O–H groups in total. The first kappa shape index (κ1) is 12.4. The minimum absolute atomic E-state index is 0.118. The van der Waals surface area contributed by atoms with Crippen molar-refractivity contribution in [2.24, 2.45) is 5.92 Å². The second kappa shape index (κ2) is 5.50. The lowest BCUT2D eigenvalue weighted by molar-refractivity contribution is 0.0928. The van der Waals surface area contributed by atoms with E-state index >= 15 is 0 Å². The normalized spacial score (nSPS) is 24.8. The number of ketones is 1. The molecule has 0 spiro atoms. The standard InChI is InChI=1S/C14H21NO2/c1-3-11-6-7-15-12(8-11)9-13(16)14-5-4-10(2)17-14/h4-5,11-12,15H,3,6-9H2,1-2H3. The van der Waals surface area contributed by atoms with Crippen LogP contribution >= 0.6 is 0 Å². The molecule has 3 heteroatoms. The number of hydrogen-bond donors (Lipinski definition) is 1. The molecule has 94 valence electrons. The number of piperidine rings is 1. The first-order chi connectivity index (χ1) is 8.19. The Morgan fingerprint density at radius 3 is 3.00 bits per heavy atom. The summed E-state index contributed by atoms with van der Waals surface area (Å²) in [6, 6.07) is 3.94. The molecule has 1 saturated heterocycles. The summed E-state index contributed by atoms with van der Waals surface area (Å²) in [4.78, 5) is 12.0. The number of aryl methyl sites for hydroxylation is 1. The highest BCUT2D eigenvalue weighted by Crippen LogP contribution is 2.22. The highest BCUT2D eigenvalue weighted by molar-refractivity contribution is 5.93. The molecule has 1 aliphatic heterocycles. The predicted molar refractivity (Wildman–Crippen MR) is 67.2 cm³/mol. The molecule has 2 rings (SSSR count). The first-order valence-corrected chi connectivity index (χ1v) is 6.52. The van der Waals surface area contributed by atoms with Gasteiger partial charge in [0.1, 0.15) is 5.76 Å². The molecule has 0 amide bonds. The Labute approximate surface area is 103 Å². The van der Waals surface area contributed by atoms with Gasteiger partial charge in [-0.05, 0) is 44.4 Å². The molecule has 0 saturated carbocycles. The lowest BCUT2D eigenvalue weighted by atomic mass is 9.88. The fourth-order valence-electron chi connectivity index (χ4n) is 2.53. The zero-order chi connectivity index (χ0) is 12.3. The van der Waals surface area contributed by atoms with E-state index in [9.17, 15) is 4.79 Å². The van der Waals surface area contributed by atoms with Crippen LogP contribution in [0.15, 0.2) is 16.5 Å². The lowest BCUT2D eigenvalue weighted by Gasteiger charge is -2.29. The van der Waals surface area contributed by atoms with Gasteiger partial charge in [-0.3, -0.25) is 4.79 Å². The molecule has 1 fully saturated rings. The lowest BCUT2D eigenvalue weighted by Crippen LogP contribution is -2.39. The molecule has 1 aromatic heterocycles. The van der Waals surface area contributed by atoms with Crippen LogP contribution in [0, 0.1) is 12.8 Å². The van der Waals surface area contributed by atoms with E-state index in [1.165, 1.54) is 12.8 Å². The Kier molecular flexibility index (Phi) is 4.00. The third kappa shape index (κ3) is 3.19. The second-order valence-electron chi connectivity index (χ2n) is 4.99. The average molecular weight is 235 g/mol. The molecule has 1 aromatic rings. The zero-order valence-corrected chi connectivity index (χ0v) is 10.7. The van der Waals surface area contributed by atoms with Gasteiger partial charge in [0.15, 0.2) is 11.5 Å². The molecule has 2 unspecified atom stereocenters. The molecule has 0 aromatic carbocycles. The Balaban J connectivity index is 1.90. The predicted octanol–water partition coefficient (Wildman–Crippen LogP) is 2.94. The fourth-order valence-corrected chi connectivity index (χ4v) is 2.53. The SMILES string of the molecule is CCC1CCNC(CC(=O)c2ccc(C)o2)C1. The highest BCUT2D eigenvalue weighted by atomic mass is 16.3.